The van der Waals surface area contributed by atoms with Crippen LogP contribution in [0.5, 0.6) is 11.5 Å². The molecule has 2 bridgehead atoms. The number of likely N-dealkylation sites (N-methyl/N-ethyl adjacent to an activating group) is 1. The standard InChI is InChI=1S/C23H29NO9/c1-24-7-6-23-10-3-4-12(25)20(23)32-18-13(5-2-9(14(18)23)8-11(10)24)31-22-17(28)15(26)16(27)19(33-22)21(29)30/h2,5,10-12,15-17,19-20,22,25-28H,3-4,6-8H2,1H3,(H,29,30)/t10-,11+,12+,15-,16-,17+,19-,20-,22+,23-/m0/s1. The molecule has 10 heteroatoms. The van der Waals surface area contributed by atoms with Gasteiger partial charge in [0.25, 0.3) is 0 Å². The second-order valence-corrected chi connectivity index (χ2v) is 10.1. The molecule has 33 heavy (non-hydrogen) atoms. The van der Waals surface area contributed by atoms with Crippen molar-refractivity contribution >= 4 is 5.97 Å². The van der Waals surface area contributed by atoms with E-state index < -0.39 is 48.9 Å². The van der Waals surface area contributed by atoms with Gasteiger partial charge in [0.15, 0.2) is 17.6 Å². The molecule has 3 fully saturated rings. The Bertz CT molecular complexity index is 987. The number of aliphatic carboxylic acids is 1. The van der Waals surface area contributed by atoms with Crippen molar-refractivity contribution in [2.75, 3.05) is 13.6 Å². The van der Waals surface area contributed by atoms with Gasteiger partial charge in [-0.2, -0.15) is 0 Å². The normalized spacial score (nSPS) is 45.8. The summed E-state index contributed by atoms with van der Waals surface area (Å²) in [5, 5.41) is 50.7. The van der Waals surface area contributed by atoms with Crippen LogP contribution in [-0.4, -0.2) is 98.9 Å². The van der Waals surface area contributed by atoms with Gasteiger partial charge in [0.2, 0.25) is 6.29 Å². The van der Waals surface area contributed by atoms with Gasteiger partial charge in [-0.05, 0) is 56.8 Å². The molecule has 2 aliphatic carbocycles. The van der Waals surface area contributed by atoms with E-state index in [0.717, 1.165) is 36.9 Å². The van der Waals surface area contributed by atoms with Gasteiger partial charge in [0.05, 0.1) is 6.10 Å². The van der Waals surface area contributed by atoms with Crippen LogP contribution in [0.1, 0.15) is 30.4 Å². The number of ether oxygens (including phenoxy) is 3. The van der Waals surface area contributed by atoms with Gasteiger partial charge >= 0.3 is 5.97 Å². The Hall–Kier alpha value is -1.95. The fourth-order valence-electron chi connectivity index (χ4n) is 7.07. The third-order valence-corrected chi connectivity index (χ3v) is 8.60. The summed E-state index contributed by atoms with van der Waals surface area (Å²) < 4.78 is 17.6. The van der Waals surface area contributed by atoms with E-state index in [1.165, 1.54) is 0 Å². The number of piperidine rings is 1. The Morgan fingerprint density at radius 3 is 2.70 bits per heavy atom. The minimum atomic E-state index is -1.79. The molecule has 2 saturated heterocycles. The van der Waals surface area contributed by atoms with Crippen molar-refractivity contribution in [3.8, 4) is 11.5 Å². The fraction of sp³-hybridized carbons (Fsp3) is 0.696. The molecule has 1 saturated carbocycles. The molecular formula is C23H29NO9. The number of likely N-dealkylation sites (tertiary alicyclic amines) is 1. The highest BCUT2D eigenvalue weighted by Crippen LogP contribution is 2.63. The monoisotopic (exact) mass is 463 g/mol. The largest absolute Gasteiger partial charge is 0.483 e. The lowest BCUT2D eigenvalue weighted by atomic mass is 9.51. The first kappa shape index (κ1) is 21.6. The zero-order chi connectivity index (χ0) is 23.2. The van der Waals surface area contributed by atoms with Crippen LogP contribution < -0.4 is 9.47 Å². The van der Waals surface area contributed by atoms with E-state index in [4.69, 9.17) is 14.2 Å². The number of carboxylic acids is 1. The molecule has 0 radical (unpaired) electrons. The molecule has 6 rings (SSSR count). The molecule has 10 atom stereocenters. The Labute approximate surface area is 190 Å². The molecular weight excluding hydrogens is 434 g/mol. The van der Waals surface area contributed by atoms with Gasteiger partial charge in [0, 0.05) is 17.0 Å². The highest BCUT2D eigenvalue weighted by molar-refractivity contribution is 5.73. The molecule has 0 unspecified atom stereocenters. The number of aliphatic hydroxyl groups is 4. The summed E-state index contributed by atoms with van der Waals surface area (Å²) in [6.07, 6.45) is -6.18. The van der Waals surface area contributed by atoms with Crippen LogP contribution in [-0.2, 0) is 21.4 Å². The minimum Gasteiger partial charge on any atom is -0.483 e. The van der Waals surface area contributed by atoms with Crippen molar-refractivity contribution in [1.29, 1.82) is 0 Å². The number of carbonyl (C=O) groups is 1. The van der Waals surface area contributed by atoms with Gasteiger partial charge in [0.1, 0.15) is 24.4 Å². The second kappa shape index (κ2) is 7.27. The summed E-state index contributed by atoms with van der Waals surface area (Å²) in [5.41, 5.74) is 1.87. The van der Waals surface area contributed by atoms with Gasteiger partial charge < -0.3 is 44.6 Å². The Kier molecular flexibility index (Phi) is 4.75. The molecule has 180 valence electrons. The van der Waals surface area contributed by atoms with Crippen molar-refractivity contribution in [1.82, 2.24) is 4.90 Å². The summed E-state index contributed by atoms with van der Waals surface area (Å²) in [5.74, 6) is -0.368. The first-order valence-corrected chi connectivity index (χ1v) is 11.5. The van der Waals surface area contributed by atoms with Gasteiger partial charge in [-0.3, -0.25) is 0 Å². The predicted octanol–water partition coefficient (Wildman–Crippen LogP) is -1.01. The second-order valence-electron chi connectivity index (χ2n) is 10.1. The molecule has 5 N–H and O–H groups in total. The first-order chi connectivity index (χ1) is 15.7. The van der Waals surface area contributed by atoms with E-state index in [1.807, 2.05) is 6.07 Å². The highest BCUT2D eigenvalue weighted by Gasteiger charge is 2.65. The van der Waals surface area contributed by atoms with E-state index >= 15 is 0 Å². The van der Waals surface area contributed by atoms with Crippen LogP contribution in [0.2, 0.25) is 0 Å². The van der Waals surface area contributed by atoms with Crippen LogP contribution in [0.4, 0.5) is 0 Å². The first-order valence-electron chi connectivity index (χ1n) is 11.5. The molecule has 3 heterocycles. The van der Waals surface area contributed by atoms with Crippen molar-refractivity contribution < 1.29 is 44.5 Å². The summed E-state index contributed by atoms with van der Waals surface area (Å²) in [4.78, 5) is 13.9. The number of carboxylic acid groups (broad SMARTS) is 1. The van der Waals surface area contributed by atoms with E-state index in [2.05, 4.69) is 11.9 Å². The molecule has 0 amide bonds. The Morgan fingerprint density at radius 2 is 1.94 bits per heavy atom. The summed E-state index contributed by atoms with van der Waals surface area (Å²) >= 11 is 0. The lowest BCUT2D eigenvalue weighted by Crippen LogP contribution is -2.66. The third-order valence-electron chi connectivity index (χ3n) is 8.60. The molecule has 5 aliphatic rings. The zero-order valence-corrected chi connectivity index (χ0v) is 18.2. The fourth-order valence-corrected chi connectivity index (χ4v) is 7.07. The van der Waals surface area contributed by atoms with E-state index in [-0.39, 0.29) is 11.2 Å². The number of hydrogen-bond acceptors (Lipinski definition) is 9. The van der Waals surface area contributed by atoms with Crippen molar-refractivity contribution in [3.05, 3.63) is 23.3 Å². The molecule has 1 aromatic carbocycles. The van der Waals surface area contributed by atoms with E-state index in [9.17, 15) is 30.3 Å². The number of nitrogens with zero attached hydrogens (tertiary/aromatic N) is 1. The van der Waals surface area contributed by atoms with Crippen molar-refractivity contribution in [2.45, 2.75) is 80.1 Å². The van der Waals surface area contributed by atoms with Gasteiger partial charge in [-0.1, -0.05) is 6.07 Å². The maximum absolute atomic E-state index is 11.5. The van der Waals surface area contributed by atoms with Crippen LogP contribution >= 0.6 is 0 Å². The number of hydrogen-bond donors (Lipinski definition) is 5. The summed E-state index contributed by atoms with van der Waals surface area (Å²) in [7, 11) is 2.15. The lowest BCUT2D eigenvalue weighted by molar-refractivity contribution is -0.271. The van der Waals surface area contributed by atoms with Crippen LogP contribution in [0.3, 0.4) is 0 Å². The van der Waals surface area contributed by atoms with E-state index in [0.29, 0.717) is 24.1 Å². The van der Waals surface area contributed by atoms with Crippen LogP contribution in [0.15, 0.2) is 12.1 Å². The summed E-state index contributed by atoms with van der Waals surface area (Å²) in [6.45, 7) is 0.895. The lowest BCUT2D eigenvalue weighted by Gasteiger charge is -2.58. The average Bonchev–Trinajstić information content (AvgIpc) is 3.14. The Balaban J connectivity index is 1.40. The maximum Gasteiger partial charge on any atom is 0.335 e. The number of rotatable bonds is 3. The maximum atomic E-state index is 11.5. The summed E-state index contributed by atoms with van der Waals surface area (Å²) in [6, 6.07) is 4.03. The minimum absolute atomic E-state index is 0.262. The van der Waals surface area contributed by atoms with Crippen molar-refractivity contribution in [3.63, 3.8) is 0 Å². The van der Waals surface area contributed by atoms with Gasteiger partial charge in [-0.15, -0.1) is 0 Å². The average molecular weight is 463 g/mol. The quantitative estimate of drug-likeness (QED) is 0.377. The SMILES string of the molecule is CN1CC[C@]23c4c5ccc(O[C@@H]6O[C@H](C(=O)O)[C@@H](O)[C@H](O)[C@H]6O)c4O[C@H]2[C@H](O)CC[C@H]3[C@H]1C5. The number of benzene rings is 1. The highest BCUT2D eigenvalue weighted by atomic mass is 16.7. The van der Waals surface area contributed by atoms with Crippen LogP contribution in [0.25, 0.3) is 0 Å². The van der Waals surface area contributed by atoms with Crippen LogP contribution in [0, 0.1) is 5.92 Å². The molecule has 10 nitrogen and oxygen atoms in total. The molecule has 1 aromatic rings. The topological polar surface area (TPSA) is 149 Å². The zero-order valence-electron chi connectivity index (χ0n) is 18.2. The Morgan fingerprint density at radius 1 is 1.15 bits per heavy atom. The predicted molar refractivity (Wildman–Crippen MR) is 111 cm³/mol. The molecule has 1 spiro atoms. The molecule has 0 aromatic heterocycles. The van der Waals surface area contributed by atoms with Gasteiger partial charge in [-0.25, -0.2) is 4.79 Å². The number of aliphatic hydroxyl groups excluding tert-OH is 4. The van der Waals surface area contributed by atoms with E-state index in [1.54, 1.807) is 6.07 Å². The smallest absolute Gasteiger partial charge is 0.335 e. The van der Waals surface area contributed by atoms with Crippen molar-refractivity contribution in [2.24, 2.45) is 5.92 Å². The molecule has 3 aliphatic heterocycles. The third kappa shape index (κ3) is 2.79.